The molecule has 3 rings (SSSR count). The van der Waals surface area contributed by atoms with E-state index < -0.39 is 6.04 Å². The standard InChI is InChI=1S/C21H21FN4O2/c1-2-3-19(27)25-18(14-4-6-16(22)7-5-14)12-17-13-20(28)26-21(24-17)15-8-10-23-11-9-15/h4-11,13,18H,2-3,12H2,1H3,(H,25,27)(H,24,26,28)/t18-/m1/s1. The monoisotopic (exact) mass is 380 g/mol. The average Bonchev–Trinajstić information content (AvgIpc) is 2.68. The molecule has 0 fully saturated rings. The first kappa shape index (κ1) is 19.4. The quantitative estimate of drug-likeness (QED) is 0.659. The van der Waals surface area contributed by atoms with Gasteiger partial charge in [0.15, 0.2) is 0 Å². The predicted molar refractivity (Wildman–Crippen MR) is 104 cm³/mol. The van der Waals surface area contributed by atoms with Gasteiger partial charge in [0.1, 0.15) is 11.6 Å². The Morgan fingerprint density at radius 2 is 1.89 bits per heavy atom. The largest absolute Gasteiger partial charge is 0.349 e. The summed E-state index contributed by atoms with van der Waals surface area (Å²) in [6, 6.07) is 10.5. The lowest BCUT2D eigenvalue weighted by Crippen LogP contribution is -2.30. The summed E-state index contributed by atoms with van der Waals surface area (Å²) in [7, 11) is 0. The highest BCUT2D eigenvalue weighted by Gasteiger charge is 2.17. The number of carbonyl (C=O) groups is 1. The minimum absolute atomic E-state index is 0.101. The number of aromatic nitrogens is 3. The van der Waals surface area contributed by atoms with E-state index in [1.54, 1.807) is 36.7 Å². The lowest BCUT2D eigenvalue weighted by molar-refractivity contribution is -0.121. The van der Waals surface area contributed by atoms with Crippen LogP contribution in [0.4, 0.5) is 4.39 Å². The Labute approximate surface area is 161 Å². The zero-order valence-corrected chi connectivity index (χ0v) is 15.5. The topological polar surface area (TPSA) is 87.7 Å². The van der Waals surface area contributed by atoms with Crippen molar-refractivity contribution in [2.45, 2.75) is 32.2 Å². The molecular formula is C21H21FN4O2. The smallest absolute Gasteiger partial charge is 0.251 e. The first-order chi connectivity index (χ1) is 13.5. The van der Waals surface area contributed by atoms with E-state index in [9.17, 15) is 14.0 Å². The summed E-state index contributed by atoms with van der Waals surface area (Å²) in [5, 5.41) is 2.96. The molecule has 1 aromatic carbocycles. The third kappa shape index (κ3) is 5.09. The van der Waals surface area contributed by atoms with Crippen LogP contribution in [0.25, 0.3) is 11.4 Å². The fraction of sp³-hybridized carbons (Fsp3) is 0.238. The Hall–Kier alpha value is -3.35. The summed E-state index contributed by atoms with van der Waals surface area (Å²) < 4.78 is 13.3. The number of nitrogens with zero attached hydrogens (tertiary/aromatic N) is 2. The summed E-state index contributed by atoms with van der Waals surface area (Å²) in [5.41, 5.74) is 1.73. The van der Waals surface area contributed by atoms with Crippen LogP contribution in [0, 0.1) is 5.82 Å². The van der Waals surface area contributed by atoms with E-state index in [2.05, 4.69) is 20.3 Å². The number of benzene rings is 1. The summed E-state index contributed by atoms with van der Waals surface area (Å²) >= 11 is 0. The van der Waals surface area contributed by atoms with E-state index in [1.807, 2.05) is 6.92 Å². The lowest BCUT2D eigenvalue weighted by atomic mass is 10.0. The Kier molecular flexibility index (Phi) is 6.26. The van der Waals surface area contributed by atoms with Gasteiger partial charge in [0.25, 0.3) is 5.56 Å². The van der Waals surface area contributed by atoms with Gasteiger partial charge in [0.2, 0.25) is 5.91 Å². The number of aromatic amines is 1. The van der Waals surface area contributed by atoms with E-state index in [4.69, 9.17) is 0 Å². The van der Waals surface area contributed by atoms with Gasteiger partial charge in [-0.05, 0) is 36.2 Å². The SMILES string of the molecule is CCCC(=O)N[C@H](Cc1cc(=O)[nH]c(-c2ccncc2)n1)c1ccc(F)cc1. The normalized spacial score (nSPS) is 11.8. The molecule has 2 aromatic heterocycles. The second-order valence-electron chi connectivity index (χ2n) is 6.45. The number of nitrogens with one attached hydrogen (secondary N) is 2. The number of H-pyrrole nitrogens is 1. The van der Waals surface area contributed by atoms with Crippen LogP contribution in [-0.2, 0) is 11.2 Å². The second kappa shape index (κ2) is 9.03. The third-order valence-corrected chi connectivity index (χ3v) is 4.25. The maximum atomic E-state index is 13.3. The van der Waals surface area contributed by atoms with Gasteiger partial charge in [-0.25, -0.2) is 9.37 Å². The number of hydrogen-bond donors (Lipinski definition) is 2. The number of pyridine rings is 1. The zero-order valence-electron chi connectivity index (χ0n) is 15.5. The van der Waals surface area contributed by atoms with Gasteiger partial charge in [-0.1, -0.05) is 19.1 Å². The molecule has 0 saturated carbocycles. The molecule has 0 bridgehead atoms. The molecule has 0 radical (unpaired) electrons. The van der Waals surface area contributed by atoms with E-state index in [1.165, 1.54) is 18.2 Å². The highest BCUT2D eigenvalue weighted by Crippen LogP contribution is 2.20. The fourth-order valence-corrected chi connectivity index (χ4v) is 2.91. The molecule has 1 amide bonds. The second-order valence-corrected chi connectivity index (χ2v) is 6.45. The van der Waals surface area contributed by atoms with Crippen molar-refractivity contribution in [1.29, 1.82) is 0 Å². The summed E-state index contributed by atoms with van der Waals surface area (Å²) in [5.74, 6) is -0.0182. The molecule has 0 spiro atoms. The van der Waals surface area contributed by atoms with E-state index in [0.717, 1.165) is 17.5 Å². The lowest BCUT2D eigenvalue weighted by Gasteiger charge is -2.19. The van der Waals surface area contributed by atoms with E-state index >= 15 is 0 Å². The van der Waals surface area contributed by atoms with Gasteiger partial charge in [-0.2, -0.15) is 0 Å². The molecule has 2 heterocycles. The van der Waals surface area contributed by atoms with Crippen molar-refractivity contribution in [2.24, 2.45) is 0 Å². The molecule has 1 atom stereocenters. The number of rotatable bonds is 7. The maximum Gasteiger partial charge on any atom is 0.251 e. The maximum absolute atomic E-state index is 13.3. The molecule has 0 saturated heterocycles. The van der Waals surface area contributed by atoms with Gasteiger partial charge in [0.05, 0.1) is 11.7 Å². The molecule has 0 aliphatic carbocycles. The predicted octanol–water partition coefficient (Wildman–Crippen LogP) is 3.17. The van der Waals surface area contributed by atoms with Crippen LogP contribution in [0.2, 0.25) is 0 Å². The van der Waals surface area contributed by atoms with Crippen molar-refractivity contribution in [1.82, 2.24) is 20.3 Å². The van der Waals surface area contributed by atoms with Gasteiger partial charge < -0.3 is 10.3 Å². The summed E-state index contributed by atoms with van der Waals surface area (Å²) in [4.78, 5) is 35.5. The molecule has 0 aliphatic heterocycles. The Balaban J connectivity index is 1.91. The van der Waals surface area contributed by atoms with Crippen molar-refractivity contribution in [3.8, 4) is 11.4 Å². The third-order valence-electron chi connectivity index (χ3n) is 4.25. The Morgan fingerprint density at radius 3 is 2.57 bits per heavy atom. The molecule has 2 N–H and O–H groups in total. The van der Waals surface area contributed by atoms with Crippen molar-refractivity contribution in [3.63, 3.8) is 0 Å². The first-order valence-electron chi connectivity index (χ1n) is 9.10. The van der Waals surface area contributed by atoms with Crippen LogP contribution in [0.3, 0.4) is 0 Å². The summed E-state index contributed by atoms with van der Waals surface area (Å²) in [6.07, 6.45) is 4.66. The number of carbonyl (C=O) groups excluding carboxylic acids is 1. The molecule has 28 heavy (non-hydrogen) atoms. The van der Waals surface area contributed by atoms with Crippen molar-refractivity contribution < 1.29 is 9.18 Å². The first-order valence-corrected chi connectivity index (χ1v) is 9.10. The highest BCUT2D eigenvalue weighted by molar-refractivity contribution is 5.76. The van der Waals surface area contributed by atoms with E-state index in [-0.39, 0.29) is 17.3 Å². The van der Waals surface area contributed by atoms with Crippen molar-refractivity contribution in [3.05, 3.63) is 82.3 Å². The van der Waals surface area contributed by atoms with Gasteiger partial charge >= 0.3 is 0 Å². The molecule has 7 heteroatoms. The number of halogens is 1. The van der Waals surface area contributed by atoms with Crippen LogP contribution in [0.15, 0.2) is 59.7 Å². The van der Waals surface area contributed by atoms with Gasteiger partial charge in [-0.15, -0.1) is 0 Å². The van der Waals surface area contributed by atoms with Crippen LogP contribution in [-0.4, -0.2) is 20.9 Å². The molecule has 144 valence electrons. The molecule has 0 unspecified atom stereocenters. The minimum atomic E-state index is -0.417. The zero-order chi connectivity index (χ0) is 19.9. The Morgan fingerprint density at radius 1 is 1.18 bits per heavy atom. The molecule has 6 nitrogen and oxygen atoms in total. The van der Waals surface area contributed by atoms with Gasteiger partial charge in [-0.3, -0.25) is 14.6 Å². The van der Waals surface area contributed by atoms with Crippen LogP contribution in [0.5, 0.6) is 0 Å². The van der Waals surface area contributed by atoms with Crippen molar-refractivity contribution in [2.75, 3.05) is 0 Å². The fourth-order valence-electron chi connectivity index (χ4n) is 2.91. The van der Waals surface area contributed by atoms with Crippen LogP contribution >= 0.6 is 0 Å². The average molecular weight is 380 g/mol. The number of amides is 1. The molecular weight excluding hydrogens is 359 g/mol. The number of hydrogen-bond acceptors (Lipinski definition) is 4. The Bertz CT molecular complexity index is 987. The van der Waals surface area contributed by atoms with Crippen LogP contribution < -0.4 is 10.9 Å². The van der Waals surface area contributed by atoms with E-state index in [0.29, 0.717) is 24.4 Å². The summed E-state index contributed by atoms with van der Waals surface area (Å²) in [6.45, 7) is 1.92. The minimum Gasteiger partial charge on any atom is -0.349 e. The van der Waals surface area contributed by atoms with Crippen LogP contribution in [0.1, 0.15) is 37.1 Å². The van der Waals surface area contributed by atoms with Gasteiger partial charge in [0, 0.05) is 36.9 Å². The molecule has 3 aromatic rings. The highest BCUT2D eigenvalue weighted by atomic mass is 19.1. The van der Waals surface area contributed by atoms with Crippen molar-refractivity contribution >= 4 is 5.91 Å². The molecule has 0 aliphatic rings.